The normalized spacial score (nSPS) is 35.2. The first-order valence-corrected chi connectivity index (χ1v) is 22.2. The van der Waals surface area contributed by atoms with Gasteiger partial charge in [-0.25, -0.2) is 0 Å². The van der Waals surface area contributed by atoms with E-state index in [-0.39, 0.29) is 5.41 Å². The average molecular weight is 575 g/mol. The van der Waals surface area contributed by atoms with Gasteiger partial charge in [0, 0.05) is 0 Å². The Morgan fingerprint density at radius 3 is 2.41 bits per heavy atom. The summed E-state index contributed by atoms with van der Waals surface area (Å²) in [7, 11) is 3.35. The van der Waals surface area contributed by atoms with E-state index in [4.69, 9.17) is 0 Å². The molecule has 1 aliphatic heterocycles. The summed E-state index contributed by atoms with van der Waals surface area (Å²) in [4.78, 5) is 0. The van der Waals surface area contributed by atoms with Crippen LogP contribution in [-0.4, -0.2) is 18.0 Å². The Kier molecular flexibility index (Phi) is 8.15. The van der Waals surface area contributed by atoms with Crippen LogP contribution in [0.1, 0.15) is 96.0 Å². The van der Waals surface area contributed by atoms with E-state index in [2.05, 4.69) is 98.9 Å². The molecule has 0 aromatic heterocycles. The summed E-state index contributed by atoms with van der Waals surface area (Å²) < 4.78 is 0. The molecular weight excluding hydrogens is 525 g/mol. The zero-order chi connectivity index (χ0) is 27.0. The molecule has 0 N–H and O–H groups in total. The van der Waals surface area contributed by atoms with Crippen molar-refractivity contribution in [1.29, 1.82) is 0 Å². The van der Waals surface area contributed by atoms with Crippen molar-refractivity contribution in [3.8, 4) is 0 Å². The summed E-state index contributed by atoms with van der Waals surface area (Å²) >= 11 is 0. The van der Waals surface area contributed by atoms with E-state index in [1.165, 1.54) is 81.4 Å². The van der Waals surface area contributed by atoms with Crippen molar-refractivity contribution in [2.45, 2.75) is 102 Å². The SMILES string of the molecule is CCCC1C(c2cccc3ccccc23)C(P2(C)(C3CCCCCCC3)C=CP=P2)C2C=CC=CC21CCC. The number of hydrogen-bond donors (Lipinski definition) is 0. The van der Waals surface area contributed by atoms with Gasteiger partial charge in [-0.2, -0.15) is 0 Å². The van der Waals surface area contributed by atoms with Crippen LogP contribution in [0.3, 0.4) is 0 Å². The molecule has 0 spiro atoms. The predicted molar refractivity (Wildman–Crippen MR) is 180 cm³/mol. The fourth-order valence-electron chi connectivity index (χ4n) is 9.82. The van der Waals surface area contributed by atoms with Crippen molar-refractivity contribution >= 4 is 32.5 Å². The summed E-state index contributed by atoms with van der Waals surface area (Å²) in [6.07, 6.45) is 23.5. The zero-order valence-corrected chi connectivity index (χ0v) is 27.2. The first-order chi connectivity index (χ1) is 19.1. The van der Waals surface area contributed by atoms with Gasteiger partial charge in [-0.05, 0) is 0 Å². The van der Waals surface area contributed by atoms with E-state index in [1.54, 1.807) is 21.0 Å². The molecule has 2 aromatic carbocycles. The minimum absolute atomic E-state index is 0.289. The van der Waals surface area contributed by atoms with Crippen LogP contribution >= 0.6 is 21.7 Å². The molecule has 3 aliphatic carbocycles. The molecule has 2 saturated carbocycles. The fraction of sp³-hybridized carbons (Fsp3) is 0.556. The molecule has 0 bridgehead atoms. The third-order valence-corrected chi connectivity index (χ3v) is 27.7. The van der Waals surface area contributed by atoms with E-state index in [0.717, 1.165) is 11.3 Å². The van der Waals surface area contributed by atoms with E-state index in [0.29, 0.717) is 17.8 Å². The van der Waals surface area contributed by atoms with Gasteiger partial charge in [0.25, 0.3) is 0 Å². The molecule has 39 heavy (non-hydrogen) atoms. The number of hydrogen-bond acceptors (Lipinski definition) is 0. The first-order valence-electron chi connectivity index (χ1n) is 16.0. The van der Waals surface area contributed by atoms with E-state index < -0.39 is 6.29 Å². The van der Waals surface area contributed by atoms with Crippen LogP contribution < -0.4 is 0 Å². The molecular formula is C36H49P3. The number of benzene rings is 2. The Morgan fingerprint density at radius 2 is 1.67 bits per heavy atom. The molecule has 0 radical (unpaired) electrons. The van der Waals surface area contributed by atoms with Crippen molar-refractivity contribution in [2.75, 3.05) is 6.66 Å². The monoisotopic (exact) mass is 574 g/mol. The van der Waals surface area contributed by atoms with Crippen molar-refractivity contribution in [3.63, 3.8) is 0 Å². The summed E-state index contributed by atoms with van der Waals surface area (Å²) in [5, 5.41) is 2.95. The Bertz CT molecular complexity index is 1280. The second-order valence-corrected chi connectivity index (χ2v) is 25.4. The Hall–Kier alpha value is -1.05. The van der Waals surface area contributed by atoms with Gasteiger partial charge >= 0.3 is 242 Å². The zero-order valence-electron chi connectivity index (χ0n) is 24.5. The Labute approximate surface area is 241 Å². The van der Waals surface area contributed by atoms with Crippen LogP contribution in [0, 0.1) is 17.3 Å². The van der Waals surface area contributed by atoms with Gasteiger partial charge in [0.1, 0.15) is 0 Å². The average Bonchev–Trinajstić information content (AvgIpc) is 3.47. The number of rotatable bonds is 7. The fourth-order valence-corrected chi connectivity index (χ4v) is 27.8. The van der Waals surface area contributed by atoms with Crippen molar-refractivity contribution < 1.29 is 0 Å². The molecule has 1 heterocycles. The van der Waals surface area contributed by atoms with Gasteiger partial charge in [-0.1, -0.05) is 0 Å². The number of allylic oxidation sites excluding steroid dienone is 4. The van der Waals surface area contributed by atoms with E-state index in [9.17, 15) is 0 Å². The molecule has 208 valence electrons. The van der Waals surface area contributed by atoms with Crippen LogP contribution in [0.15, 0.2) is 78.4 Å². The summed E-state index contributed by atoms with van der Waals surface area (Å²) in [6.45, 7) is 7.80. The van der Waals surface area contributed by atoms with Crippen molar-refractivity contribution in [1.82, 2.24) is 0 Å². The molecule has 3 heteroatoms. The first kappa shape index (κ1) is 28.1. The van der Waals surface area contributed by atoms with Crippen molar-refractivity contribution in [2.24, 2.45) is 17.3 Å². The Morgan fingerprint density at radius 1 is 0.897 bits per heavy atom. The molecule has 0 nitrogen and oxygen atoms in total. The molecule has 5 unspecified atom stereocenters. The quantitative estimate of drug-likeness (QED) is 0.289. The summed E-state index contributed by atoms with van der Waals surface area (Å²) in [5.74, 6) is 7.54. The molecule has 0 saturated heterocycles. The van der Waals surface area contributed by atoms with Crippen LogP contribution in [0.4, 0.5) is 0 Å². The third kappa shape index (κ3) is 4.52. The van der Waals surface area contributed by atoms with Crippen LogP contribution in [-0.2, 0) is 0 Å². The third-order valence-electron chi connectivity index (χ3n) is 11.4. The second kappa shape index (κ2) is 11.3. The molecule has 5 atom stereocenters. The van der Waals surface area contributed by atoms with Gasteiger partial charge in [-0.3, -0.25) is 0 Å². The molecule has 2 aromatic rings. The van der Waals surface area contributed by atoms with Gasteiger partial charge in [0.2, 0.25) is 0 Å². The van der Waals surface area contributed by atoms with E-state index >= 15 is 0 Å². The summed E-state index contributed by atoms with van der Waals surface area (Å²) in [6, 6.07) is 16.6. The van der Waals surface area contributed by atoms with Crippen molar-refractivity contribution in [3.05, 3.63) is 84.0 Å². The maximum absolute atomic E-state index is 2.93. The summed E-state index contributed by atoms with van der Waals surface area (Å²) in [5.41, 5.74) is 3.60. The standard InChI is InChI=1S/C36H49P3/c1-4-16-32-34(31-22-15-18-28-17-11-12-21-30(28)31)35(33-23-13-14-25-36(32,33)24-5-2)39(3,27-26-37-38-39)29-19-9-7-6-8-10-20-29/h11-15,17-18,21-23,25-27,29,32-35H,4-10,16,19-20,24H2,1-3H3. The second-order valence-electron chi connectivity index (χ2n) is 13.4. The van der Waals surface area contributed by atoms with Crippen LogP contribution in [0.2, 0.25) is 0 Å². The van der Waals surface area contributed by atoms with E-state index in [1.807, 2.05) is 0 Å². The number of fused-ring (bicyclic) bond motifs is 2. The molecule has 0 amide bonds. The maximum atomic E-state index is 2.93. The van der Waals surface area contributed by atoms with Gasteiger partial charge < -0.3 is 0 Å². The minimum atomic E-state index is -2.27. The topological polar surface area (TPSA) is 0 Å². The van der Waals surface area contributed by atoms with Gasteiger partial charge in [0.05, 0.1) is 0 Å². The van der Waals surface area contributed by atoms with Gasteiger partial charge in [-0.15, -0.1) is 0 Å². The molecule has 4 aliphatic rings. The van der Waals surface area contributed by atoms with Crippen LogP contribution in [0.5, 0.6) is 0 Å². The van der Waals surface area contributed by atoms with Gasteiger partial charge in [0.15, 0.2) is 0 Å². The molecule has 6 rings (SSSR count). The Balaban J connectivity index is 1.63. The predicted octanol–water partition coefficient (Wildman–Crippen LogP) is 12.8. The van der Waals surface area contributed by atoms with Crippen LogP contribution in [0.25, 0.3) is 10.8 Å². The molecule has 2 fully saturated rings.